The maximum atomic E-state index is 10.9. The molecule has 0 bridgehead atoms. The van der Waals surface area contributed by atoms with Crippen LogP contribution in [0.5, 0.6) is 34.5 Å². The largest absolute Gasteiger partial charge is 0.497 e. The zero-order chi connectivity index (χ0) is 44.9. The lowest BCUT2D eigenvalue weighted by molar-refractivity contribution is -0.137. The van der Waals surface area contributed by atoms with Crippen LogP contribution >= 0.6 is 55.1 Å². The third kappa shape index (κ3) is 10.5. The van der Waals surface area contributed by atoms with Crippen molar-refractivity contribution in [2.45, 2.75) is 33.1 Å². The third-order valence-electron chi connectivity index (χ3n) is 10.4. The summed E-state index contributed by atoms with van der Waals surface area (Å²) < 4.78 is 24.2. The monoisotopic (exact) mass is 1010 g/mol. The number of hydrogen-bond acceptors (Lipinski definition) is 6. The highest BCUT2D eigenvalue weighted by atomic mass is 79.9. The molecule has 0 spiro atoms. The van der Waals surface area contributed by atoms with Crippen LogP contribution in [-0.2, 0) is 22.4 Å². The summed E-state index contributed by atoms with van der Waals surface area (Å²) in [6.07, 6.45) is 0.372. The number of fused-ring (bicyclic) bond motifs is 2. The van der Waals surface area contributed by atoms with Crippen LogP contribution in [0.3, 0.4) is 0 Å². The van der Waals surface area contributed by atoms with Gasteiger partial charge in [-0.2, -0.15) is 0 Å². The summed E-state index contributed by atoms with van der Waals surface area (Å²) in [5, 5.41) is 20.5. The summed E-state index contributed by atoms with van der Waals surface area (Å²) in [6.45, 7) is 4.13. The van der Waals surface area contributed by atoms with E-state index in [1.807, 2.05) is 104 Å². The topological polar surface area (TPSA) is 143 Å². The average molecular weight is 1020 g/mol. The molecule has 322 valence electrons. The number of carbonyl (C=O) groups is 2. The van der Waals surface area contributed by atoms with Crippen molar-refractivity contribution in [1.82, 2.24) is 9.97 Å². The number of ether oxygens (including phenoxy) is 4. The van der Waals surface area contributed by atoms with Gasteiger partial charge in [0.05, 0.1) is 39.6 Å². The van der Waals surface area contributed by atoms with Crippen molar-refractivity contribution in [2.75, 3.05) is 14.2 Å². The van der Waals surface area contributed by atoms with Crippen LogP contribution in [0.2, 0.25) is 10.0 Å². The average Bonchev–Trinajstić information content (AvgIpc) is 3.77. The molecular formula is C49H40Br2Cl2N2O8. The molecule has 0 amide bonds. The Kier molecular flexibility index (Phi) is 14.1. The Morgan fingerprint density at radius 1 is 0.571 bits per heavy atom. The zero-order valence-corrected chi connectivity index (χ0v) is 39.1. The van der Waals surface area contributed by atoms with E-state index < -0.39 is 11.9 Å². The SMILES string of the molecule is COc1ccc(-c2[nH]c3ccc(Oc4c(Br)cc(CCC(=O)O)cc4Br)cc3c2C)cc1.COc1ccc(-c2[nH]c3ccc(Oc4c(Cl)cc(CC(=O)O)cc4Cl)cc3c2C)cc1. The molecule has 8 rings (SSSR count). The van der Waals surface area contributed by atoms with Gasteiger partial charge in [-0.3, -0.25) is 9.59 Å². The van der Waals surface area contributed by atoms with Gasteiger partial charge < -0.3 is 39.1 Å². The van der Waals surface area contributed by atoms with Gasteiger partial charge in [-0.1, -0.05) is 23.2 Å². The van der Waals surface area contributed by atoms with Gasteiger partial charge in [0, 0.05) is 39.6 Å². The lowest BCUT2D eigenvalue weighted by atomic mass is 10.1. The Hall–Kier alpha value is -5.92. The molecule has 0 saturated heterocycles. The molecule has 0 aliphatic heterocycles. The molecule has 6 aromatic carbocycles. The molecule has 14 heteroatoms. The number of carboxylic acids is 2. The number of aromatic nitrogens is 2. The van der Waals surface area contributed by atoms with Crippen LogP contribution in [-0.4, -0.2) is 46.3 Å². The second kappa shape index (κ2) is 19.6. The minimum Gasteiger partial charge on any atom is -0.497 e. The van der Waals surface area contributed by atoms with Gasteiger partial charge in [0.15, 0.2) is 11.5 Å². The maximum Gasteiger partial charge on any atom is 0.307 e. The van der Waals surface area contributed by atoms with E-state index in [9.17, 15) is 9.59 Å². The van der Waals surface area contributed by atoms with Crippen LogP contribution in [0.4, 0.5) is 0 Å². The molecule has 0 fully saturated rings. The summed E-state index contributed by atoms with van der Waals surface area (Å²) in [7, 11) is 3.30. The number of benzene rings is 6. The van der Waals surface area contributed by atoms with Crippen molar-refractivity contribution < 1.29 is 38.7 Å². The second-order valence-corrected chi connectivity index (χ2v) is 17.1. The Balaban J connectivity index is 0.000000189. The number of methoxy groups -OCH3 is 2. The summed E-state index contributed by atoms with van der Waals surface area (Å²) in [6, 6.07) is 34.4. The van der Waals surface area contributed by atoms with Gasteiger partial charge in [0.25, 0.3) is 0 Å². The molecule has 0 unspecified atom stereocenters. The maximum absolute atomic E-state index is 10.9. The standard InChI is InChI=1S/C25H21Br2NO4.C24H19Cl2NO4/c1-14-19-13-18(32-25-20(26)11-15(12-21(25)27)3-10-23(29)30)8-9-22(19)28-24(14)16-4-6-17(31-2)7-5-16;1-13-18-12-17(31-24-19(25)9-14(10-20(24)26)11-22(28)29)7-8-21(18)27-23(13)15-3-5-16(30-2)6-4-15/h4-9,11-13,28H,3,10H2,1-2H3,(H,29,30);3-10,12,27H,11H2,1-2H3,(H,28,29). The Morgan fingerprint density at radius 2 is 1.00 bits per heavy atom. The first-order chi connectivity index (χ1) is 30.2. The molecule has 10 nitrogen and oxygen atoms in total. The fraction of sp³-hybridized carbons (Fsp3) is 0.143. The number of nitrogens with one attached hydrogen (secondary N) is 2. The molecule has 0 radical (unpaired) electrons. The fourth-order valence-electron chi connectivity index (χ4n) is 7.16. The van der Waals surface area contributed by atoms with Crippen molar-refractivity contribution in [3.8, 4) is 57.0 Å². The minimum atomic E-state index is -0.957. The Bertz CT molecular complexity index is 2940. The fourth-order valence-corrected chi connectivity index (χ4v) is 9.21. The first-order valence-electron chi connectivity index (χ1n) is 19.5. The van der Waals surface area contributed by atoms with E-state index in [1.54, 1.807) is 26.4 Å². The normalized spacial score (nSPS) is 11.0. The molecule has 2 aromatic heterocycles. The first kappa shape index (κ1) is 45.1. The van der Waals surface area contributed by atoms with Crippen molar-refractivity contribution >= 4 is 88.8 Å². The molecule has 0 aliphatic rings. The first-order valence-corrected chi connectivity index (χ1v) is 21.8. The molecule has 63 heavy (non-hydrogen) atoms. The van der Waals surface area contributed by atoms with Crippen LogP contribution < -0.4 is 18.9 Å². The molecule has 0 aliphatic carbocycles. The van der Waals surface area contributed by atoms with Crippen molar-refractivity contribution in [2.24, 2.45) is 0 Å². The highest BCUT2D eigenvalue weighted by Crippen LogP contribution is 2.42. The Morgan fingerprint density at radius 3 is 1.41 bits per heavy atom. The summed E-state index contributed by atoms with van der Waals surface area (Å²) in [4.78, 5) is 28.7. The van der Waals surface area contributed by atoms with Gasteiger partial charge in [-0.15, -0.1) is 0 Å². The lowest BCUT2D eigenvalue weighted by Gasteiger charge is -2.12. The smallest absolute Gasteiger partial charge is 0.307 e. The van der Waals surface area contributed by atoms with Gasteiger partial charge in [-0.05, 0) is 195 Å². The number of hydrogen-bond donors (Lipinski definition) is 4. The van der Waals surface area contributed by atoms with E-state index in [1.165, 1.54) is 0 Å². The summed E-state index contributed by atoms with van der Waals surface area (Å²) in [5.41, 5.74) is 9.87. The van der Waals surface area contributed by atoms with Crippen LogP contribution in [0, 0.1) is 13.8 Å². The molecule has 0 atom stereocenters. The van der Waals surface area contributed by atoms with Gasteiger partial charge >= 0.3 is 11.9 Å². The highest BCUT2D eigenvalue weighted by molar-refractivity contribution is 9.11. The van der Waals surface area contributed by atoms with E-state index in [0.717, 1.165) is 81.5 Å². The molecule has 2 heterocycles. The van der Waals surface area contributed by atoms with E-state index in [2.05, 4.69) is 48.8 Å². The number of aromatic amines is 2. The number of rotatable bonds is 13. The van der Waals surface area contributed by atoms with Crippen LogP contribution in [0.1, 0.15) is 28.7 Å². The summed E-state index contributed by atoms with van der Waals surface area (Å²) in [5.74, 6) is 2.07. The minimum absolute atomic E-state index is 0.0824. The number of aryl methyl sites for hydroxylation is 3. The Labute approximate surface area is 389 Å². The highest BCUT2D eigenvalue weighted by Gasteiger charge is 2.17. The van der Waals surface area contributed by atoms with Crippen LogP contribution in [0.15, 0.2) is 118 Å². The summed E-state index contributed by atoms with van der Waals surface area (Å²) >= 11 is 19.7. The second-order valence-electron chi connectivity index (χ2n) is 14.6. The number of H-pyrrole nitrogens is 2. The van der Waals surface area contributed by atoms with Crippen LogP contribution in [0.25, 0.3) is 44.3 Å². The van der Waals surface area contributed by atoms with E-state index in [0.29, 0.717) is 35.0 Å². The number of aliphatic carboxylic acids is 2. The van der Waals surface area contributed by atoms with Gasteiger partial charge in [0.1, 0.15) is 23.0 Å². The van der Waals surface area contributed by atoms with E-state index >= 15 is 0 Å². The lowest BCUT2D eigenvalue weighted by Crippen LogP contribution is -2.00. The van der Waals surface area contributed by atoms with Gasteiger partial charge in [0.2, 0.25) is 0 Å². The van der Waals surface area contributed by atoms with E-state index in [4.69, 9.17) is 52.4 Å². The molecule has 0 saturated carbocycles. The molecule has 4 N–H and O–H groups in total. The van der Waals surface area contributed by atoms with Crippen molar-refractivity contribution in [3.63, 3.8) is 0 Å². The third-order valence-corrected chi connectivity index (χ3v) is 12.1. The number of carboxylic acid groups (broad SMARTS) is 2. The van der Waals surface area contributed by atoms with E-state index in [-0.39, 0.29) is 22.9 Å². The molecule has 8 aromatic rings. The van der Waals surface area contributed by atoms with Crippen molar-refractivity contribution in [1.29, 1.82) is 0 Å². The van der Waals surface area contributed by atoms with Crippen molar-refractivity contribution in [3.05, 3.63) is 150 Å². The predicted octanol–water partition coefficient (Wildman–Crippen LogP) is 14.4. The predicted molar refractivity (Wildman–Crippen MR) is 256 cm³/mol. The zero-order valence-electron chi connectivity index (χ0n) is 34.4. The van der Waals surface area contributed by atoms with Gasteiger partial charge in [-0.25, -0.2) is 0 Å². The molecular weight excluding hydrogens is 975 g/mol. The quantitative estimate of drug-likeness (QED) is 0.0894. The number of halogens is 4.